The van der Waals surface area contributed by atoms with Crippen LogP contribution in [0.15, 0.2) is 225 Å². The summed E-state index contributed by atoms with van der Waals surface area (Å²) >= 11 is 0. The van der Waals surface area contributed by atoms with Gasteiger partial charge in [-0.15, -0.1) is 0 Å². The maximum absolute atomic E-state index is 12.9. The Hall–Kier alpha value is -11.6. The molecule has 0 aliphatic rings. The number of aldehydes is 1. The predicted octanol–water partition coefficient (Wildman–Crippen LogP) is 11.8. The van der Waals surface area contributed by atoms with E-state index in [0.29, 0.717) is 137 Å². The number of nitrogens with one attached hydrogen (secondary N) is 1. The van der Waals surface area contributed by atoms with Crippen LogP contribution in [0.5, 0.6) is 0 Å². The molecule has 0 aliphatic carbocycles. The Bertz CT molecular complexity index is 4930. The van der Waals surface area contributed by atoms with Crippen LogP contribution in [-0.4, -0.2) is 154 Å². The van der Waals surface area contributed by atoms with Gasteiger partial charge < -0.3 is 57.7 Å². The first kappa shape index (κ1) is 109. The fraction of sp³-hybridized carbons (Fsp3) is 0.307. The Labute approximate surface area is 775 Å². The number of aliphatic hydroxyl groups is 1. The number of hydrogen-bond acceptors (Lipinski definition) is 28. The fourth-order valence-electron chi connectivity index (χ4n) is 11.6. The van der Waals surface area contributed by atoms with Crippen LogP contribution in [0.2, 0.25) is 12.1 Å². The number of pyridine rings is 5. The third-order valence-corrected chi connectivity index (χ3v) is 24.1. The molecule has 10 aromatic rings. The molecule has 126 heavy (non-hydrogen) atoms. The van der Waals surface area contributed by atoms with Gasteiger partial charge >= 0.3 is 75.0 Å². The van der Waals surface area contributed by atoms with E-state index in [4.69, 9.17) is 37.4 Å². The van der Waals surface area contributed by atoms with Crippen molar-refractivity contribution in [3.05, 3.63) is 359 Å². The molecule has 664 valence electrons. The molecule has 0 spiro atoms. The van der Waals surface area contributed by atoms with Crippen LogP contribution in [0.1, 0.15) is 178 Å². The SMILES string of the molecule is CC=C(C)C.CCO[Si](CCCN)(OCC)OCC.CCO[Si](CCCNC(=O)c1cc([N+](=O)[O-])ccc1Cc1ccncc1)(OCC)OCC.O=C(O)c1cc([N+](=O)[O-])ccc1Cc1ccncc1.O=C([O-])c1cc([N+](=O)[O-])ccc1Cc1ccncc1.O=Cc1cc([N+](=O)[O-])ccc1Cc1ccncc1.O=[N+]([O-])c1ccc(Cc2ccncc2)c(CO)c1.[K+]. The quantitative estimate of drug-likeness (QED) is 0.00694. The number of nitro benzene ring substituents is 5. The second-order valence-corrected chi connectivity index (χ2v) is 32.2. The second-order valence-electron chi connectivity index (χ2n) is 26.8. The van der Waals surface area contributed by atoms with E-state index in [-0.39, 0.29) is 103 Å². The molecule has 1 amide bonds. The van der Waals surface area contributed by atoms with Crippen molar-refractivity contribution in [1.29, 1.82) is 0 Å². The van der Waals surface area contributed by atoms with Crippen LogP contribution in [0.3, 0.4) is 0 Å². The van der Waals surface area contributed by atoms with Gasteiger partial charge in [-0.25, -0.2) is 4.79 Å². The summed E-state index contributed by atoms with van der Waals surface area (Å²) < 4.78 is 34.4. The van der Waals surface area contributed by atoms with Gasteiger partial charge in [0.15, 0.2) is 6.29 Å². The van der Waals surface area contributed by atoms with Gasteiger partial charge in [-0.2, -0.15) is 0 Å². The topological polar surface area (TPSA) is 505 Å². The number of carbonyl (C=O) groups excluding carboxylic acids is 3. The summed E-state index contributed by atoms with van der Waals surface area (Å²) in [7, 11) is -5.18. The van der Waals surface area contributed by atoms with Crippen LogP contribution in [0, 0.1) is 50.6 Å². The number of aromatic nitrogens is 5. The Morgan fingerprint density at radius 3 is 1.00 bits per heavy atom. The Morgan fingerprint density at radius 1 is 0.421 bits per heavy atom. The zero-order chi connectivity index (χ0) is 92.1. The molecule has 0 saturated heterocycles. The Balaban J connectivity index is 0.000000392. The van der Waals surface area contributed by atoms with Crippen LogP contribution >= 0.6 is 0 Å². The van der Waals surface area contributed by atoms with Crippen molar-refractivity contribution in [2.45, 2.75) is 126 Å². The first-order chi connectivity index (χ1) is 60.0. The molecule has 0 unspecified atom stereocenters. The van der Waals surface area contributed by atoms with Gasteiger partial charge in [0.05, 0.1) is 42.8 Å². The molecule has 5 N–H and O–H groups in total. The van der Waals surface area contributed by atoms with E-state index in [2.05, 4.69) is 50.2 Å². The summed E-state index contributed by atoms with van der Waals surface area (Å²) in [5, 5.41) is 86.1. The summed E-state index contributed by atoms with van der Waals surface area (Å²) in [5.41, 5.74) is 15.3. The smallest absolute Gasteiger partial charge is 0.545 e. The molecular formula is C88H105KN12O23Si2. The third kappa shape index (κ3) is 39.3. The summed E-state index contributed by atoms with van der Waals surface area (Å²) in [5.74, 6) is -2.95. The fourth-order valence-corrected chi connectivity index (χ4v) is 16.9. The average Bonchev–Trinajstić information content (AvgIpc) is 0.853. The summed E-state index contributed by atoms with van der Waals surface area (Å²) in [4.78, 5) is 117. The molecule has 5 heterocycles. The van der Waals surface area contributed by atoms with Crippen molar-refractivity contribution in [2.75, 3.05) is 52.7 Å². The molecule has 0 bridgehead atoms. The number of amides is 1. The zero-order valence-electron chi connectivity index (χ0n) is 72.1. The molecule has 0 aliphatic heterocycles. The number of aromatic carboxylic acids is 2. The maximum Gasteiger partial charge on any atom is 1.00 e. The number of hydrogen-bond donors (Lipinski definition) is 4. The van der Waals surface area contributed by atoms with Gasteiger partial charge in [0.1, 0.15) is 0 Å². The number of aliphatic hydroxyl groups excluding tert-OH is 1. The largest absolute Gasteiger partial charge is 1.00 e. The minimum absolute atomic E-state index is 0. The molecule has 0 saturated carbocycles. The molecule has 38 heteroatoms. The van der Waals surface area contributed by atoms with E-state index < -0.39 is 54.2 Å². The monoisotopic (exact) mass is 1790 g/mol. The van der Waals surface area contributed by atoms with E-state index >= 15 is 0 Å². The minimum Gasteiger partial charge on any atom is -0.545 e. The third-order valence-electron chi connectivity index (χ3n) is 17.8. The van der Waals surface area contributed by atoms with Gasteiger partial charge in [-0.05, 0) is 236 Å². The van der Waals surface area contributed by atoms with E-state index in [1.807, 2.05) is 84.9 Å². The maximum atomic E-state index is 12.9. The van der Waals surface area contributed by atoms with Gasteiger partial charge in [0.25, 0.3) is 34.3 Å². The van der Waals surface area contributed by atoms with Crippen molar-refractivity contribution >= 4 is 70.2 Å². The van der Waals surface area contributed by atoms with E-state index in [9.17, 15) is 80.0 Å². The zero-order valence-corrected chi connectivity index (χ0v) is 77.2. The van der Waals surface area contributed by atoms with Crippen molar-refractivity contribution in [3.8, 4) is 0 Å². The molecule has 5 aromatic heterocycles. The number of nitrogens with zero attached hydrogens (tertiary/aromatic N) is 10. The molecule has 0 fully saturated rings. The van der Waals surface area contributed by atoms with Gasteiger partial charge in [0, 0.05) is 198 Å². The van der Waals surface area contributed by atoms with Crippen molar-refractivity contribution in [2.24, 2.45) is 5.73 Å². The summed E-state index contributed by atoms with van der Waals surface area (Å²) in [6.07, 6.45) is 23.1. The number of non-ortho nitro benzene ring substituents is 5. The Kier molecular flexibility index (Phi) is 51.8. The molecule has 10 rings (SSSR count). The van der Waals surface area contributed by atoms with E-state index in [1.165, 1.54) is 66.2 Å². The number of nitro groups is 5. The summed E-state index contributed by atoms with van der Waals surface area (Å²) in [6, 6.07) is 40.4. The van der Waals surface area contributed by atoms with Crippen LogP contribution in [0.4, 0.5) is 28.4 Å². The number of allylic oxidation sites excluding steroid dienone is 2. The second kappa shape index (κ2) is 60.1. The van der Waals surface area contributed by atoms with Gasteiger partial charge in [-0.3, -0.25) is 85.1 Å². The molecule has 35 nitrogen and oxygen atoms in total. The first-order valence-electron chi connectivity index (χ1n) is 39.7. The number of rotatable bonds is 39. The van der Waals surface area contributed by atoms with Crippen molar-refractivity contribution in [3.63, 3.8) is 0 Å². The van der Waals surface area contributed by atoms with E-state index in [1.54, 1.807) is 104 Å². The summed E-state index contributed by atoms with van der Waals surface area (Å²) in [6.45, 7) is 22.0. The van der Waals surface area contributed by atoms with Crippen molar-refractivity contribution in [1.82, 2.24) is 30.2 Å². The molecular weight excluding hydrogens is 1690 g/mol. The number of carbonyl (C=O) groups is 4. The van der Waals surface area contributed by atoms with Gasteiger partial charge in [-0.1, -0.05) is 42.0 Å². The number of carboxylic acid groups (broad SMARTS) is 2. The molecule has 0 radical (unpaired) electrons. The number of carboxylic acids is 2. The minimum atomic E-state index is -2.78. The average molecular weight is 1790 g/mol. The van der Waals surface area contributed by atoms with Crippen LogP contribution in [0.25, 0.3) is 0 Å². The normalized spacial score (nSPS) is 10.4. The van der Waals surface area contributed by atoms with Crippen LogP contribution < -0.4 is 67.5 Å². The molecule has 0 atom stereocenters. The predicted molar refractivity (Wildman–Crippen MR) is 470 cm³/mol. The van der Waals surface area contributed by atoms with Crippen molar-refractivity contribution < 1.29 is 137 Å². The first-order valence-corrected chi connectivity index (χ1v) is 43.6. The van der Waals surface area contributed by atoms with Gasteiger partial charge in [0.2, 0.25) is 0 Å². The number of nitrogens with two attached hydrogens (primary N) is 1. The number of benzene rings is 5. The van der Waals surface area contributed by atoms with Crippen LogP contribution in [-0.2, 0) is 65.3 Å². The Morgan fingerprint density at radius 2 is 0.698 bits per heavy atom. The molecule has 5 aromatic carbocycles. The van der Waals surface area contributed by atoms with E-state index in [0.717, 1.165) is 63.5 Å². The standard InChI is InChI=1S/C22H31N3O6Si.2C13H10N2O4.C13H12N2O3.C13H10N2O3.C9H23NO3Si.C5H10.K/c1-4-29-32(30-5-2,31-6-3)15-7-12-24-22(26)21-17-20(25(27)28)9-8-19(21)16-18-10-13-23-14-11-18;2*16-13(17)12-8-11(15(18)19)2-1-10(12)7-9-3-5-14-6-4-9;2*16-9-12-8-13(15(17)18)2-1-11(12)7-10-3-5-14-6-4-10;1-4-11-14(12-5-2,13-6-3)9-7-8-10;1-4-5(2)3;/h8-11,13-14,17H,4-7,12,15-16H2,1-3H3,(H,24,26);2*1-6,8H,7H2,(H,16,17);1-6,8,16H,7,9H2;1-6,8-9H,7H2;4-10H2,1-3H3;4H,1-3H3;/q;;;;;;;+1/p-1.